The van der Waals surface area contributed by atoms with E-state index < -0.39 is 5.91 Å². The molecule has 6 heteroatoms. The Hall–Kier alpha value is -2.50. The molecule has 2 aromatic rings. The number of carbonyl (C=O) groups excluding carboxylic acids is 1. The van der Waals surface area contributed by atoms with E-state index in [0.717, 1.165) is 25.0 Å². The first kappa shape index (κ1) is 17.3. The largest absolute Gasteiger partial charge is 0.292 e. The maximum atomic E-state index is 12.6. The molecule has 25 heavy (non-hydrogen) atoms. The summed E-state index contributed by atoms with van der Waals surface area (Å²) in [7, 11) is 1.54. The van der Waals surface area contributed by atoms with Crippen LogP contribution < -0.4 is 11.0 Å². The number of aromatic nitrogens is 2. The smallest absolute Gasteiger partial charge is 0.267 e. The van der Waals surface area contributed by atoms with Gasteiger partial charge in [-0.15, -0.1) is 0 Å². The number of hydrogen-bond donors (Lipinski definition) is 1. The molecule has 1 saturated carbocycles. The first-order valence-corrected chi connectivity index (χ1v) is 8.59. The quantitative estimate of drug-likeness (QED) is 0.854. The summed E-state index contributed by atoms with van der Waals surface area (Å²) in [5.74, 6) is 0.159. The standard InChI is InChI=1S/C19H24N4O2/c1-12-9-13(11-19(2,3)10-12)20-21-17(24)16-14-7-5-6-8-15(14)18(25)23(4)22-16/h5-8,12H,9-11H2,1-4H3,(H,21,24)/b20-13+. The number of rotatable bonds is 2. The summed E-state index contributed by atoms with van der Waals surface area (Å²) in [6.45, 7) is 6.66. The SMILES string of the molecule is CC1C/C(=N\NC(=O)c2nn(C)c(=O)c3ccccc23)CC(C)(C)C1. The zero-order valence-corrected chi connectivity index (χ0v) is 15.2. The highest BCUT2D eigenvalue weighted by Crippen LogP contribution is 2.36. The summed E-state index contributed by atoms with van der Waals surface area (Å²) in [6.07, 6.45) is 2.93. The van der Waals surface area contributed by atoms with Gasteiger partial charge < -0.3 is 0 Å². The number of nitrogens with one attached hydrogen (secondary N) is 1. The number of carbonyl (C=O) groups is 1. The van der Waals surface area contributed by atoms with E-state index in [9.17, 15) is 9.59 Å². The van der Waals surface area contributed by atoms with Gasteiger partial charge in [-0.3, -0.25) is 9.59 Å². The van der Waals surface area contributed by atoms with Gasteiger partial charge in [-0.25, -0.2) is 10.1 Å². The van der Waals surface area contributed by atoms with Gasteiger partial charge in [0.05, 0.1) is 5.39 Å². The molecule has 0 aliphatic heterocycles. The zero-order chi connectivity index (χ0) is 18.2. The molecule has 1 aromatic heterocycles. The number of fused-ring (bicyclic) bond motifs is 1. The molecule has 1 aliphatic carbocycles. The van der Waals surface area contributed by atoms with E-state index in [2.05, 4.69) is 36.4 Å². The highest BCUT2D eigenvalue weighted by molar-refractivity contribution is 6.05. The number of hydrogen-bond acceptors (Lipinski definition) is 4. The van der Waals surface area contributed by atoms with E-state index >= 15 is 0 Å². The van der Waals surface area contributed by atoms with Crippen molar-refractivity contribution in [2.45, 2.75) is 40.0 Å². The summed E-state index contributed by atoms with van der Waals surface area (Å²) in [5.41, 5.74) is 3.83. The van der Waals surface area contributed by atoms with Gasteiger partial charge in [0, 0.05) is 18.1 Å². The number of nitrogens with zero attached hydrogens (tertiary/aromatic N) is 3. The first-order valence-electron chi connectivity index (χ1n) is 8.59. The molecule has 132 valence electrons. The highest BCUT2D eigenvalue weighted by Gasteiger charge is 2.29. The van der Waals surface area contributed by atoms with Crippen molar-refractivity contribution in [3.05, 3.63) is 40.3 Å². The van der Waals surface area contributed by atoms with Crippen molar-refractivity contribution in [1.29, 1.82) is 0 Å². The van der Waals surface area contributed by atoms with Gasteiger partial charge in [-0.2, -0.15) is 10.2 Å². The summed E-state index contributed by atoms with van der Waals surface area (Å²) < 4.78 is 1.19. The van der Waals surface area contributed by atoms with E-state index in [1.807, 2.05) is 0 Å². The monoisotopic (exact) mass is 340 g/mol. The van der Waals surface area contributed by atoms with Gasteiger partial charge in [0.2, 0.25) is 0 Å². The average molecular weight is 340 g/mol. The third-order valence-electron chi connectivity index (χ3n) is 4.65. The molecule has 1 aliphatic rings. The van der Waals surface area contributed by atoms with Crippen molar-refractivity contribution in [3.63, 3.8) is 0 Å². The fourth-order valence-electron chi connectivity index (χ4n) is 3.85. The second-order valence-corrected chi connectivity index (χ2v) is 7.80. The molecule has 1 aromatic carbocycles. The molecular weight excluding hydrogens is 316 g/mol. The van der Waals surface area contributed by atoms with Gasteiger partial charge in [-0.05, 0) is 36.7 Å². The van der Waals surface area contributed by atoms with Crippen molar-refractivity contribution in [1.82, 2.24) is 15.2 Å². The lowest BCUT2D eigenvalue weighted by atomic mass is 9.72. The van der Waals surface area contributed by atoms with Crippen LogP contribution >= 0.6 is 0 Å². The molecular formula is C19H24N4O2. The lowest BCUT2D eigenvalue weighted by molar-refractivity contribution is 0.0948. The Kier molecular flexibility index (Phi) is 4.45. The molecule has 0 spiro atoms. The van der Waals surface area contributed by atoms with Crippen LogP contribution in [0.15, 0.2) is 34.2 Å². The summed E-state index contributed by atoms with van der Waals surface area (Å²) in [6, 6.07) is 7.00. The summed E-state index contributed by atoms with van der Waals surface area (Å²) in [5, 5.41) is 9.50. The van der Waals surface area contributed by atoms with Gasteiger partial charge in [0.15, 0.2) is 5.69 Å². The zero-order valence-electron chi connectivity index (χ0n) is 15.2. The van der Waals surface area contributed by atoms with Crippen molar-refractivity contribution in [2.75, 3.05) is 0 Å². The van der Waals surface area contributed by atoms with Gasteiger partial charge in [0.1, 0.15) is 0 Å². The lowest BCUT2D eigenvalue weighted by Gasteiger charge is -2.34. The van der Waals surface area contributed by atoms with Crippen molar-refractivity contribution in [3.8, 4) is 0 Å². The van der Waals surface area contributed by atoms with E-state index in [4.69, 9.17) is 0 Å². The van der Waals surface area contributed by atoms with Crippen molar-refractivity contribution in [2.24, 2.45) is 23.5 Å². The van der Waals surface area contributed by atoms with Crippen LogP contribution in [0.25, 0.3) is 10.8 Å². The van der Waals surface area contributed by atoms with Crippen LogP contribution in [0.5, 0.6) is 0 Å². The molecule has 1 N–H and O–H groups in total. The normalized spacial score (nSPS) is 21.4. The van der Waals surface area contributed by atoms with Gasteiger partial charge >= 0.3 is 0 Å². The topological polar surface area (TPSA) is 76.3 Å². The molecule has 1 unspecified atom stereocenters. The maximum absolute atomic E-state index is 12.6. The molecule has 1 fully saturated rings. The Labute approximate surface area is 146 Å². The third kappa shape index (κ3) is 3.62. The van der Waals surface area contributed by atoms with Crippen LogP contribution in [0.1, 0.15) is 50.5 Å². The molecule has 3 rings (SSSR count). The van der Waals surface area contributed by atoms with Gasteiger partial charge in [0.25, 0.3) is 11.5 Å². The Morgan fingerprint density at radius 1 is 1.32 bits per heavy atom. The molecule has 6 nitrogen and oxygen atoms in total. The average Bonchev–Trinajstić information content (AvgIpc) is 2.54. The van der Waals surface area contributed by atoms with Crippen LogP contribution in [0.2, 0.25) is 0 Å². The van der Waals surface area contributed by atoms with Crippen molar-refractivity contribution >= 4 is 22.4 Å². The van der Waals surface area contributed by atoms with Gasteiger partial charge in [-0.1, -0.05) is 39.0 Å². The van der Waals surface area contributed by atoms with E-state index in [-0.39, 0.29) is 16.7 Å². The minimum atomic E-state index is -0.393. The van der Waals surface area contributed by atoms with Crippen molar-refractivity contribution < 1.29 is 4.79 Å². The highest BCUT2D eigenvalue weighted by atomic mass is 16.2. The molecule has 0 saturated heterocycles. The third-order valence-corrected chi connectivity index (χ3v) is 4.65. The fourth-order valence-corrected chi connectivity index (χ4v) is 3.85. The minimum Gasteiger partial charge on any atom is -0.267 e. The summed E-state index contributed by atoms with van der Waals surface area (Å²) >= 11 is 0. The fraction of sp³-hybridized carbons (Fsp3) is 0.474. The lowest BCUT2D eigenvalue weighted by Crippen LogP contribution is -2.31. The predicted octanol–water partition coefficient (Wildman–Crippen LogP) is 2.87. The summed E-state index contributed by atoms with van der Waals surface area (Å²) in [4.78, 5) is 24.8. The second-order valence-electron chi connectivity index (χ2n) is 7.80. The maximum Gasteiger partial charge on any atom is 0.292 e. The first-order chi connectivity index (χ1) is 11.8. The second kappa shape index (κ2) is 6.43. The van der Waals surface area contributed by atoms with Crippen LogP contribution in [0, 0.1) is 11.3 Å². The molecule has 1 heterocycles. The Morgan fingerprint density at radius 2 is 2.00 bits per heavy atom. The predicted molar refractivity (Wildman–Crippen MR) is 98.7 cm³/mol. The van der Waals surface area contributed by atoms with Crippen LogP contribution in [-0.4, -0.2) is 21.4 Å². The number of aryl methyl sites for hydroxylation is 1. The number of amides is 1. The van der Waals surface area contributed by atoms with E-state index in [1.54, 1.807) is 31.3 Å². The Morgan fingerprint density at radius 3 is 2.68 bits per heavy atom. The molecule has 1 atom stereocenters. The molecule has 0 bridgehead atoms. The van der Waals surface area contributed by atoms with Crippen LogP contribution in [0.4, 0.5) is 0 Å². The number of hydrazone groups is 1. The van der Waals surface area contributed by atoms with E-state index in [0.29, 0.717) is 16.7 Å². The number of benzene rings is 1. The Bertz CT molecular complexity index is 911. The minimum absolute atomic E-state index is 0.197. The molecule has 0 radical (unpaired) electrons. The van der Waals surface area contributed by atoms with Crippen LogP contribution in [0.3, 0.4) is 0 Å². The Balaban J connectivity index is 1.90. The molecule has 1 amide bonds. The van der Waals surface area contributed by atoms with Crippen LogP contribution in [-0.2, 0) is 7.05 Å². The van der Waals surface area contributed by atoms with E-state index in [1.165, 1.54) is 4.68 Å².